The molecule has 0 radical (unpaired) electrons. The van der Waals surface area contributed by atoms with Crippen molar-refractivity contribution in [3.63, 3.8) is 0 Å². The molecule has 13 heavy (non-hydrogen) atoms. The highest BCUT2D eigenvalue weighted by Gasteiger charge is 2.37. The molecule has 1 amide bonds. The Morgan fingerprint density at radius 1 is 1.62 bits per heavy atom. The summed E-state index contributed by atoms with van der Waals surface area (Å²) in [5, 5.41) is 0. The van der Waals surface area contributed by atoms with Gasteiger partial charge in [-0.1, -0.05) is 0 Å². The second-order valence-corrected chi connectivity index (χ2v) is 3.32. The number of carbonyl (C=O) groups excluding carboxylic acids is 2. The minimum atomic E-state index is 0.121. The molecule has 1 unspecified atom stereocenters. The van der Waals surface area contributed by atoms with E-state index in [0.717, 1.165) is 19.3 Å². The van der Waals surface area contributed by atoms with E-state index in [2.05, 4.69) is 6.58 Å². The van der Waals surface area contributed by atoms with Gasteiger partial charge in [0.2, 0.25) is 0 Å². The first-order valence-electron chi connectivity index (χ1n) is 4.34. The van der Waals surface area contributed by atoms with Gasteiger partial charge in [-0.15, -0.1) is 0 Å². The van der Waals surface area contributed by atoms with Gasteiger partial charge in [0.25, 0.3) is 0 Å². The Balaban J connectivity index is 3.00. The zero-order chi connectivity index (χ0) is 9.90. The lowest BCUT2D eigenvalue weighted by molar-refractivity contribution is -0.739. The third-order valence-corrected chi connectivity index (χ3v) is 2.33. The molecule has 1 atom stereocenters. The normalized spacial score (nSPS) is 29.0. The molecule has 1 fully saturated rings. The molecule has 0 aliphatic carbocycles. The first-order valence-corrected chi connectivity index (χ1v) is 4.34. The molecular weight excluding hydrogens is 166 g/mol. The summed E-state index contributed by atoms with van der Waals surface area (Å²) < 4.78 is 0.130. The summed E-state index contributed by atoms with van der Waals surface area (Å²) in [6.07, 6.45) is 5.48. The van der Waals surface area contributed by atoms with Crippen LogP contribution < -0.4 is 0 Å². The fourth-order valence-electron chi connectivity index (χ4n) is 1.60. The Labute approximate surface area is 77.9 Å². The van der Waals surface area contributed by atoms with Crippen molar-refractivity contribution in [3.05, 3.63) is 24.6 Å². The van der Waals surface area contributed by atoms with Crippen molar-refractivity contribution in [2.45, 2.75) is 19.8 Å². The van der Waals surface area contributed by atoms with Crippen LogP contribution in [0.5, 0.6) is 0 Å². The summed E-state index contributed by atoms with van der Waals surface area (Å²) in [6, 6.07) is 0. The maximum atomic E-state index is 11.5. The number of amides is 1. The van der Waals surface area contributed by atoms with Crippen LogP contribution >= 0.6 is 0 Å². The number of hydrogen-bond acceptors (Lipinski definition) is 2. The summed E-state index contributed by atoms with van der Waals surface area (Å²) >= 11 is 0. The highest BCUT2D eigenvalue weighted by Crippen LogP contribution is 2.23. The van der Waals surface area contributed by atoms with Crippen molar-refractivity contribution in [2.24, 2.45) is 0 Å². The van der Waals surface area contributed by atoms with Gasteiger partial charge in [-0.2, -0.15) is 0 Å². The third-order valence-electron chi connectivity index (χ3n) is 2.33. The third kappa shape index (κ3) is 1.75. The zero-order valence-electron chi connectivity index (χ0n) is 7.82. The zero-order valence-corrected chi connectivity index (χ0v) is 7.82. The van der Waals surface area contributed by atoms with Crippen molar-refractivity contribution in [3.8, 4) is 0 Å². The molecule has 1 aliphatic heterocycles. The average molecular weight is 180 g/mol. The molecule has 1 rings (SSSR count). The van der Waals surface area contributed by atoms with Gasteiger partial charge in [0.05, 0.1) is 13.0 Å². The number of quaternary nitrogens is 1. The lowest BCUT2D eigenvalue weighted by atomic mass is 10.3. The molecule has 0 N–H and O–H groups in total. The van der Waals surface area contributed by atoms with E-state index < -0.39 is 0 Å². The fraction of sp³-hybridized carbons (Fsp3) is 0.400. The van der Waals surface area contributed by atoms with E-state index in [9.17, 15) is 9.59 Å². The molecule has 0 aromatic carbocycles. The van der Waals surface area contributed by atoms with Crippen molar-refractivity contribution < 1.29 is 14.1 Å². The molecule has 0 bridgehead atoms. The molecule has 1 aliphatic rings. The SMILES string of the molecule is C=C[N+]1(C=C(C)C=O)CCCC1=O. The molecule has 0 spiro atoms. The maximum Gasteiger partial charge on any atom is 0.323 e. The number of aldehydes is 1. The van der Waals surface area contributed by atoms with Crippen LogP contribution in [0.15, 0.2) is 24.6 Å². The number of nitrogens with zero attached hydrogens (tertiary/aromatic N) is 1. The topological polar surface area (TPSA) is 34.1 Å². The summed E-state index contributed by atoms with van der Waals surface area (Å²) in [5.74, 6) is 0.121. The van der Waals surface area contributed by atoms with Gasteiger partial charge in [0, 0.05) is 12.0 Å². The minimum absolute atomic E-state index is 0.121. The van der Waals surface area contributed by atoms with Crippen molar-refractivity contribution in [2.75, 3.05) is 6.54 Å². The van der Waals surface area contributed by atoms with Crippen LogP contribution in [0.1, 0.15) is 19.8 Å². The van der Waals surface area contributed by atoms with E-state index in [0.29, 0.717) is 12.0 Å². The first-order chi connectivity index (χ1) is 6.14. The van der Waals surface area contributed by atoms with Crippen LogP contribution in [0.2, 0.25) is 0 Å². The van der Waals surface area contributed by atoms with Gasteiger partial charge >= 0.3 is 5.91 Å². The smallest absolute Gasteiger partial charge is 0.298 e. The Kier molecular flexibility index (Phi) is 2.78. The van der Waals surface area contributed by atoms with Crippen molar-refractivity contribution in [1.29, 1.82) is 0 Å². The molecule has 3 heteroatoms. The predicted octanol–water partition coefficient (Wildman–Crippen LogP) is 1.37. The van der Waals surface area contributed by atoms with E-state index in [1.54, 1.807) is 19.3 Å². The molecule has 0 aromatic rings. The second-order valence-electron chi connectivity index (χ2n) is 3.32. The quantitative estimate of drug-likeness (QED) is 0.373. The average Bonchev–Trinajstić information content (AvgIpc) is 2.48. The molecular formula is C10H14NO2+. The van der Waals surface area contributed by atoms with E-state index in [4.69, 9.17) is 0 Å². The number of likely N-dealkylation sites (tertiary alicyclic amines) is 1. The summed E-state index contributed by atoms with van der Waals surface area (Å²) in [5.41, 5.74) is 0.579. The lowest BCUT2D eigenvalue weighted by Crippen LogP contribution is -2.38. The lowest BCUT2D eigenvalue weighted by Gasteiger charge is -2.21. The predicted molar refractivity (Wildman–Crippen MR) is 49.4 cm³/mol. The second kappa shape index (κ2) is 3.66. The molecule has 1 saturated heterocycles. The highest BCUT2D eigenvalue weighted by atomic mass is 16.2. The summed E-state index contributed by atoms with van der Waals surface area (Å²) in [6.45, 7) is 6.07. The van der Waals surface area contributed by atoms with E-state index >= 15 is 0 Å². The minimum Gasteiger partial charge on any atom is -0.298 e. The number of rotatable bonds is 3. The van der Waals surface area contributed by atoms with E-state index in [-0.39, 0.29) is 10.4 Å². The van der Waals surface area contributed by atoms with Gasteiger partial charge in [0.1, 0.15) is 12.4 Å². The fourth-order valence-corrected chi connectivity index (χ4v) is 1.60. The molecule has 0 aromatic heterocycles. The van der Waals surface area contributed by atoms with Crippen molar-refractivity contribution in [1.82, 2.24) is 0 Å². The van der Waals surface area contributed by atoms with Crippen LogP contribution in [0.25, 0.3) is 0 Å². The Bertz CT molecular complexity index is 281. The number of allylic oxidation sites excluding steroid dienone is 1. The Morgan fingerprint density at radius 2 is 2.31 bits per heavy atom. The van der Waals surface area contributed by atoms with Crippen LogP contribution in [0.4, 0.5) is 0 Å². The molecule has 3 nitrogen and oxygen atoms in total. The van der Waals surface area contributed by atoms with Crippen molar-refractivity contribution >= 4 is 12.2 Å². The maximum absolute atomic E-state index is 11.5. The standard InChI is InChI=1S/C10H14NO2/c1-3-11(7-9(2)8-12)6-4-5-10(11)13/h3,7-8H,1,4-6H2,2H3/q+1. The van der Waals surface area contributed by atoms with Gasteiger partial charge in [-0.3, -0.25) is 4.79 Å². The molecule has 1 heterocycles. The van der Waals surface area contributed by atoms with Crippen LogP contribution in [0, 0.1) is 0 Å². The summed E-state index contributed by atoms with van der Waals surface area (Å²) in [7, 11) is 0. The molecule has 0 saturated carbocycles. The van der Waals surface area contributed by atoms with Gasteiger partial charge < -0.3 is 0 Å². The monoisotopic (exact) mass is 180 g/mol. The Hall–Kier alpha value is -1.22. The van der Waals surface area contributed by atoms with Crippen LogP contribution in [0.3, 0.4) is 0 Å². The van der Waals surface area contributed by atoms with Gasteiger partial charge in [0.15, 0.2) is 6.29 Å². The summed E-state index contributed by atoms with van der Waals surface area (Å²) in [4.78, 5) is 22.0. The van der Waals surface area contributed by atoms with E-state index in [1.165, 1.54) is 0 Å². The molecule has 70 valence electrons. The number of hydrogen-bond donors (Lipinski definition) is 0. The first kappa shape index (κ1) is 9.86. The van der Waals surface area contributed by atoms with E-state index in [1.807, 2.05) is 0 Å². The van der Waals surface area contributed by atoms with Crippen LogP contribution in [-0.2, 0) is 9.59 Å². The largest absolute Gasteiger partial charge is 0.323 e. The number of carbonyl (C=O) groups is 2. The highest BCUT2D eigenvalue weighted by molar-refractivity contribution is 5.75. The van der Waals surface area contributed by atoms with Gasteiger partial charge in [-0.05, 0) is 13.5 Å². The van der Waals surface area contributed by atoms with Crippen LogP contribution in [-0.4, -0.2) is 23.2 Å². The Morgan fingerprint density at radius 3 is 2.69 bits per heavy atom. The van der Waals surface area contributed by atoms with Gasteiger partial charge in [-0.25, -0.2) is 9.28 Å².